The summed E-state index contributed by atoms with van der Waals surface area (Å²) in [6, 6.07) is 9.12. The zero-order chi connectivity index (χ0) is 20.4. The molecule has 1 heterocycles. The van der Waals surface area contributed by atoms with E-state index in [0.717, 1.165) is 24.1 Å². The largest absolute Gasteiger partial charge is 0.490 e. The average molecular weight is 405 g/mol. The molecule has 0 bridgehead atoms. The standard InChI is InChI=1S/C21H28N2O4S/c1-4-11-26-18-10-7-15(13-19(18)27-12-5-2)23-21(25)20(24)22-14-17-9-8-16(6-3)28-17/h7-10,13H,4-6,11-12,14H2,1-3H3,(H,22,24)(H,23,25). The van der Waals surface area contributed by atoms with Crippen LogP contribution in [0.2, 0.25) is 0 Å². The van der Waals surface area contributed by atoms with E-state index in [1.807, 2.05) is 26.0 Å². The summed E-state index contributed by atoms with van der Waals surface area (Å²) in [5.74, 6) is -0.203. The van der Waals surface area contributed by atoms with Crippen LogP contribution in [0.1, 0.15) is 43.4 Å². The second kappa shape index (κ2) is 11.3. The molecule has 0 spiro atoms. The second-order valence-electron chi connectivity index (χ2n) is 6.22. The molecule has 1 aromatic carbocycles. The van der Waals surface area contributed by atoms with Crippen LogP contribution >= 0.6 is 11.3 Å². The SMILES string of the molecule is CCCOc1ccc(NC(=O)C(=O)NCc2ccc(CC)s2)cc1OCCC. The summed E-state index contributed by atoms with van der Waals surface area (Å²) in [6.07, 6.45) is 2.70. The van der Waals surface area contributed by atoms with Crippen molar-refractivity contribution >= 4 is 28.8 Å². The first-order chi connectivity index (χ1) is 13.6. The highest BCUT2D eigenvalue weighted by atomic mass is 32.1. The van der Waals surface area contributed by atoms with E-state index in [2.05, 4.69) is 17.6 Å². The Morgan fingerprint density at radius 2 is 1.57 bits per heavy atom. The number of carbonyl (C=O) groups is 2. The van der Waals surface area contributed by atoms with Gasteiger partial charge in [-0.05, 0) is 43.5 Å². The van der Waals surface area contributed by atoms with Crippen LogP contribution < -0.4 is 20.1 Å². The van der Waals surface area contributed by atoms with Crippen LogP contribution in [0.4, 0.5) is 5.69 Å². The molecule has 0 aliphatic rings. The quantitative estimate of drug-likeness (QED) is 0.584. The highest BCUT2D eigenvalue weighted by Gasteiger charge is 2.15. The summed E-state index contributed by atoms with van der Waals surface area (Å²) >= 11 is 1.63. The van der Waals surface area contributed by atoms with E-state index >= 15 is 0 Å². The Morgan fingerprint density at radius 3 is 2.21 bits per heavy atom. The number of rotatable bonds is 10. The Labute approximate surface area is 170 Å². The number of ether oxygens (including phenoxy) is 2. The summed E-state index contributed by atoms with van der Waals surface area (Å²) in [5, 5.41) is 5.26. The lowest BCUT2D eigenvalue weighted by Gasteiger charge is -2.14. The lowest BCUT2D eigenvalue weighted by molar-refractivity contribution is -0.136. The normalized spacial score (nSPS) is 10.4. The van der Waals surface area contributed by atoms with Gasteiger partial charge < -0.3 is 20.1 Å². The van der Waals surface area contributed by atoms with Crippen molar-refractivity contribution in [3.8, 4) is 11.5 Å². The molecule has 7 heteroatoms. The van der Waals surface area contributed by atoms with Crippen molar-refractivity contribution in [1.29, 1.82) is 0 Å². The molecule has 0 fully saturated rings. The van der Waals surface area contributed by atoms with Gasteiger partial charge in [0, 0.05) is 21.5 Å². The van der Waals surface area contributed by atoms with E-state index in [0.29, 0.717) is 36.9 Å². The van der Waals surface area contributed by atoms with E-state index < -0.39 is 11.8 Å². The average Bonchev–Trinajstić information content (AvgIpc) is 3.17. The van der Waals surface area contributed by atoms with Crippen LogP contribution in [-0.2, 0) is 22.6 Å². The van der Waals surface area contributed by atoms with Crippen molar-refractivity contribution in [3.05, 3.63) is 40.1 Å². The Hall–Kier alpha value is -2.54. The molecule has 152 valence electrons. The molecule has 2 aromatic rings. The van der Waals surface area contributed by atoms with Gasteiger partial charge in [0.1, 0.15) is 0 Å². The fourth-order valence-electron chi connectivity index (χ4n) is 2.38. The van der Waals surface area contributed by atoms with Crippen molar-refractivity contribution in [2.45, 2.75) is 46.6 Å². The van der Waals surface area contributed by atoms with Crippen molar-refractivity contribution in [3.63, 3.8) is 0 Å². The van der Waals surface area contributed by atoms with Crippen molar-refractivity contribution in [2.24, 2.45) is 0 Å². The van der Waals surface area contributed by atoms with Gasteiger partial charge in [-0.1, -0.05) is 20.8 Å². The highest BCUT2D eigenvalue weighted by Crippen LogP contribution is 2.31. The van der Waals surface area contributed by atoms with Crippen LogP contribution in [0.5, 0.6) is 11.5 Å². The van der Waals surface area contributed by atoms with Crippen LogP contribution in [0, 0.1) is 0 Å². The number of anilines is 1. The molecular weight excluding hydrogens is 376 g/mol. The van der Waals surface area contributed by atoms with Crippen LogP contribution in [0.3, 0.4) is 0 Å². The second-order valence-corrected chi connectivity index (χ2v) is 7.47. The third-order valence-corrected chi connectivity index (χ3v) is 5.05. The number of benzene rings is 1. The molecule has 2 amide bonds. The minimum atomic E-state index is -0.712. The van der Waals surface area contributed by atoms with Crippen molar-refractivity contribution < 1.29 is 19.1 Å². The van der Waals surface area contributed by atoms with Crippen molar-refractivity contribution in [1.82, 2.24) is 5.32 Å². The van der Waals surface area contributed by atoms with Gasteiger partial charge >= 0.3 is 11.8 Å². The third kappa shape index (κ3) is 6.56. The van der Waals surface area contributed by atoms with Gasteiger partial charge in [-0.3, -0.25) is 9.59 Å². The predicted octanol–water partition coefficient (Wildman–Crippen LogP) is 4.14. The number of hydrogen-bond acceptors (Lipinski definition) is 5. The molecule has 28 heavy (non-hydrogen) atoms. The minimum Gasteiger partial charge on any atom is -0.490 e. The molecule has 2 N–H and O–H groups in total. The maximum absolute atomic E-state index is 12.2. The number of hydrogen-bond donors (Lipinski definition) is 2. The van der Waals surface area contributed by atoms with Crippen LogP contribution in [0.15, 0.2) is 30.3 Å². The number of thiophene rings is 1. The Morgan fingerprint density at radius 1 is 0.893 bits per heavy atom. The molecule has 0 aliphatic carbocycles. The Balaban J connectivity index is 1.96. The van der Waals surface area contributed by atoms with Crippen LogP contribution in [0.25, 0.3) is 0 Å². The number of carbonyl (C=O) groups excluding carboxylic acids is 2. The van der Waals surface area contributed by atoms with Gasteiger partial charge in [0.15, 0.2) is 11.5 Å². The highest BCUT2D eigenvalue weighted by molar-refractivity contribution is 7.11. The van der Waals surface area contributed by atoms with Gasteiger partial charge in [-0.25, -0.2) is 0 Å². The minimum absolute atomic E-state index is 0.339. The number of amides is 2. The van der Waals surface area contributed by atoms with E-state index in [1.54, 1.807) is 29.5 Å². The lowest BCUT2D eigenvalue weighted by atomic mass is 10.2. The van der Waals surface area contributed by atoms with Gasteiger partial charge in [0.2, 0.25) is 0 Å². The fourth-order valence-corrected chi connectivity index (χ4v) is 3.28. The Kier molecular flexibility index (Phi) is 8.81. The maximum atomic E-state index is 12.2. The number of aryl methyl sites for hydroxylation is 1. The summed E-state index contributed by atoms with van der Waals surface area (Å²) in [6.45, 7) is 7.59. The molecule has 0 atom stereocenters. The smallest absolute Gasteiger partial charge is 0.313 e. The van der Waals surface area contributed by atoms with Crippen LogP contribution in [-0.4, -0.2) is 25.0 Å². The molecule has 0 radical (unpaired) electrons. The summed E-state index contributed by atoms with van der Waals surface area (Å²) in [7, 11) is 0. The number of nitrogens with one attached hydrogen (secondary N) is 2. The Bertz CT molecular complexity index is 788. The van der Waals surface area contributed by atoms with E-state index in [9.17, 15) is 9.59 Å². The van der Waals surface area contributed by atoms with E-state index in [4.69, 9.17) is 9.47 Å². The first-order valence-corrected chi connectivity index (χ1v) is 10.4. The lowest BCUT2D eigenvalue weighted by Crippen LogP contribution is -2.34. The first kappa shape index (κ1) is 21.8. The van der Waals surface area contributed by atoms with Crippen molar-refractivity contribution in [2.75, 3.05) is 18.5 Å². The molecule has 2 rings (SSSR count). The molecule has 0 saturated carbocycles. The molecule has 0 aliphatic heterocycles. The molecule has 0 saturated heterocycles. The first-order valence-electron chi connectivity index (χ1n) is 9.63. The zero-order valence-corrected chi connectivity index (χ0v) is 17.5. The van der Waals surface area contributed by atoms with E-state index in [1.165, 1.54) is 4.88 Å². The maximum Gasteiger partial charge on any atom is 0.313 e. The summed E-state index contributed by atoms with van der Waals surface area (Å²) in [5.41, 5.74) is 0.486. The molecule has 6 nitrogen and oxygen atoms in total. The van der Waals surface area contributed by atoms with Gasteiger partial charge in [-0.15, -0.1) is 11.3 Å². The zero-order valence-electron chi connectivity index (χ0n) is 16.7. The topological polar surface area (TPSA) is 76.7 Å². The molecule has 1 aromatic heterocycles. The predicted molar refractivity (Wildman–Crippen MR) is 112 cm³/mol. The van der Waals surface area contributed by atoms with Gasteiger partial charge in [0.05, 0.1) is 19.8 Å². The van der Waals surface area contributed by atoms with Gasteiger partial charge in [-0.2, -0.15) is 0 Å². The molecule has 0 unspecified atom stereocenters. The fraction of sp³-hybridized carbons (Fsp3) is 0.429. The van der Waals surface area contributed by atoms with Gasteiger partial charge in [0.25, 0.3) is 0 Å². The monoisotopic (exact) mass is 404 g/mol. The van der Waals surface area contributed by atoms with E-state index in [-0.39, 0.29) is 0 Å². The molecular formula is C21H28N2O4S. The summed E-state index contributed by atoms with van der Waals surface area (Å²) in [4.78, 5) is 26.5. The summed E-state index contributed by atoms with van der Waals surface area (Å²) < 4.78 is 11.4. The third-order valence-electron chi connectivity index (χ3n) is 3.82.